The molecule has 1 atom stereocenters. The van der Waals surface area contributed by atoms with Crippen molar-refractivity contribution >= 4 is 34.5 Å². The van der Waals surface area contributed by atoms with Crippen LogP contribution in [-0.4, -0.2) is 49.2 Å². The summed E-state index contributed by atoms with van der Waals surface area (Å²) in [7, 11) is 3.13. The summed E-state index contributed by atoms with van der Waals surface area (Å²) in [5.41, 5.74) is 13.3. The zero-order valence-electron chi connectivity index (χ0n) is 25.0. The van der Waals surface area contributed by atoms with E-state index in [1.165, 1.54) is 0 Å². The minimum Gasteiger partial charge on any atom is -0.493 e. The molecule has 0 bridgehead atoms. The minimum atomic E-state index is -1.50. The number of fused-ring (bicyclic) bond motifs is 2. The molecule has 0 radical (unpaired) electrons. The van der Waals surface area contributed by atoms with Gasteiger partial charge in [0, 0.05) is 36.5 Å². The number of carbonyl (C=O) groups excluding carboxylic acids is 2. The lowest BCUT2D eigenvalue weighted by molar-refractivity contribution is -0.182. The monoisotopic (exact) mass is 595 g/mol. The highest BCUT2D eigenvalue weighted by Gasteiger charge is 2.51. The van der Waals surface area contributed by atoms with Gasteiger partial charge in [-0.2, -0.15) is 4.98 Å². The van der Waals surface area contributed by atoms with E-state index in [0.717, 1.165) is 17.5 Å². The third-order valence-corrected chi connectivity index (χ3v) is 9.13. The van der Waals surface area contributed by atoms with Gasteiger partial charge < -0.3 is 30.6 Å². The summed E-state index contributed by atoms with van der Waals surface area (Å²) in [6.07, 6.45) is 3.26. The Labute approximate surface area is 256 Å². The van der Waals surface area contributed by atoms with E-state index in [0.29, 0.717) is 84.9 Å². The first-order valence-electron chi connectivity index (χ1n) is 14.9. The number of ether oxygens (including phenoxy) is 3. The van der Waals surface area contributed by atoms with Crippen LogP contribution < -0.4 is 25.8 Å². The molecule has 10 heteroatoms. The van der Waals surface area contributed by atoms with E-state index in [4.69, 9.17) is 30.7 Å². The summed E-state index contributed by atoms with van der Waals surface area (Å²) in [5, 5.41) is 0.662. The highest BCUT2D eigenvalue weighted by molar-refractivity contribution is 5.92. The summed E-state index contributed by atoms with van der Waals surface area (Å²) in [6.45, 7) is 0.973. The van der Waals surface area contributed by atoms with E-state index in [-0.39, 0.29) is 0 Å². The van der Waals surface area contributed by atoms with Crippen molar-refractivity contribution in [2.75, 3.05) is 37.9 Å². The Bertz CT molecular complexity index is 1700. The van der Waals surface area contributed by atoms with E-state index in [2.05, 4.69) is 4.98 Å². The number of nitrogens with zero attached hydrogens (tertiary/aromatic N) is 3. The summed E-state index contributed by atoms with van der Waals surface area (Å²) in [5.74, 6) is 0.828. The SMILES string of the molecule is COc1cc2nc(N3CCC(Cc4ccccc4)(C(=O)OC4(C(N)=O)CCCc5ccccc54)CC3)nc(N)c2cc1OC. The van der Waals surface area contributed by atoms with Crippen molar-refractivity contribution in [1.82, 2.24) is 9.97 Å². The number of hydrogen-bond donors (Lipinski definition) is 2. The fraction of sp³-hybridized carbons (Fsp3) is 0.353. The van der Waals surface area contributed by atoms with Crippen LogP contribution in [0.4, 0.5) is 11.8 Å². The number of carbonyl (C=O) groups is 2. The van der Waals surface area contributed by atoms with Crippen molar-refractivity contribution in [2.45, 2.75) is 44.1 Å². The van der Waals surface area contributed by atoms with Crippen molar-refractivity contribution in [2.24, 2.45) is 11.1 Å². The molecule has 10 nitrogen and oxygen atoms in total. The number of nitrogen functional groups attached to an aromatic ring is 1. The Balaban J connectivity index is 1.31. The average molecular weight is 596 g/mol. The number of amides is 1. The van der Waals surface area contributed by atoms with Gasteiger partial charge in [0.25, 0.3) is 5.91 Å². The lowest BCUT2D eigenvalue weighted by Crippen LogP contribution is -2.53. The predicted molar refractivity (Wildman–Crippen MR) is 167 cm³/mol. The number of methoxy groups -OCH3 is 2. The molecular weight excluding hydrogens is 558 g/mol. The van der Waals surface area contributed by atoms with Crippen LogP contribution in [0.25, 0.3) is 10.9 Å². The molecule has 2 aliphatic rings. The molecule has 1 aliphatic heterocycles. The van der Waals surface area contributed by atoms with Crippen LogP contribution in [-0.2, 0) is 32.8 Å². The number of primary amides is 1. The molecular formula is C34H37N5O5. The van der Waals surface area contributed by atoms with Gasteiger partial charge in [-0.1, -0.05) is 54.6 Å². The molecule has 1 amide bonds. The topological polar surface area (TPSA) is 143 Å². The fourth-order valence-corrected chi connectivity index (χ4v) is 6.66. The molecule has 0 spiro atoms. The second kappa shape index (κ2) is 11.7. The van der Waals surface area contributed by atoms with Crippen LogP contribution in [0.5, 0.6) is 11.5 Å². The molecule has 44 heavy (non-hydrogen) atoms. The summed E-state index contributed by atoms with van der Waals surface area (Å²) in [6, 6.07) is 21.0. The molecule has 4 aromatic rings. The van der Waals surface area contributed by atoms with Crippen LogP contribution in [0.15, 0.2) is 66.7 Å². The fourth-order valence-electron chi connectivity index (χ4n) is 6.66. The second-order valence-corrected chi connectivity index (χ2v) is 11.7. The Kier molecular flexibility index (Phi) is 7.75. The molecule has 1 unspecified atom stereocenters. The van der Waals surface area contributed by atoms with Gasteiger partial charge >= 0.3 is 5.97 Å². The van der Waals surface area contributed by atoms with Crippen molar-refractivity contribution in [3.05, 3.63) is 83.4 Å². The number of piperidine rings is 1. The summed E-state index contributed by atoms with van der Waals surface area (Å²) < 4.78 is 17.2. The van der Waals surface area contributed by atoms with Gasteiger partial charge in [-0.25, -0.2) is 4.98 Å². The molecule has 1 aliphatic carbocycles. The lowest BCUT2D eigenvalue weighted by atomic mass is 9.73. The number of anilines is 2. The zero-order chi connectivity index (χ0) is 30.9. The standard InChI is InChI=1S/C34H37N5O5/c1-42-27-19-24-26(20-28(27)43-2)37-32(38-29(24)35)39-17-15-33(16-18-39,21-22-9-4-3-5-10-22)31(41)44-34(30(36)40)14-8-12-23-11-6-7-13-25(23)34/h3-7,9-11,13,19-20H,8,12,14-18,21H2,1-2H3,(H2,36,40)(H2,35,37,38). The van der Waals surface area contributed by atoms with Crippen molar-refractivity contribution < 1.29 is 23.8 Å². The highest BCUT2D eigenvalue weighted by atomic mass is 16.6. The van der Waals surface area contributed by atoms with E-state index in [9.17, 15) is 9.59 Å². The Morgan fingerprint density at radius 2 is 1.59 bits per heavy atom. The van der Waals surface area contributed by atoms with Gasteiger partial charge in [0.2, 0.25) is 11.5 Å². The number of aryl methyl sites for hydroxylation is 1. The smallest absolute Gasteiger partial charge is 0.313 e. The number of esters is 1. The van der Waals surface area contributed by atoms with E-state index in [1.54, 1.807) is 26.4 Å². The van der Waals surface area contributed by atoms with Gasteiger partial charge in [-0.15, -0.1) is 0 Å². The molecule has 4 N–H and O–H groups in total. The van der Waals surface area contributed by atoms with E-state index in [1.807, 2.05) is 59.5 Å². The Morgan fingerprint density at radius 3 is 2.30 bits per heavy atom. The number of hydrogen-bond acceptors (Lipinski definition) is 9. The molecule has 0 saturated carbocycles. The normalized spacial score (nSPS) is 19.2. The Hall–Kier alpha value is -4.86. The summed E-state index contributed by atoms with van der Waals surface area (Å²) >= 11 is 0. The highest BCUT2D eigenvalue weighted by Crippen LogP contribution is 2.44. The molecule has 3 aromatic carbocycles. The maximum Gasteiger partial charge on any atom is 0.313 e. The summed E-state index contributed by atoms with van der Waals surface area (Å²) in [4.78, 5) is 38.9. The maximum atomic E-state index is 14.4. The lowest BCUT2D eigenvalue weighted by Gasteiger charge is -2.43. The molecule has 1 fully saturated rings. The number of rotatable bonds is 8. The van der Waals surface area contributed by atoms with Gasteiger partial charge in [0.15, 0.2) is 11.5 Å². The van der Waals surface area contributed by atoms with Crippen LogP contribution in [0, 0.1) is 5.41 Å². The molecule has 6 rings (SSSR count). The molecule has 1 saturated heterocycles. The zero-order valence-corrected chi connectivity index (χ0v) is 25.0. The molecule has 2 heterocycles. The first-order chi connectivity index (χ1) is 21.3. The van der Waals surface area contributed by atoms with Crippen molar-refractivity contribution in [1.29, 1.82) is 0 Å². The van der Waals surface area contributed by atoms with Crippen LogP contribution in [0.3, 0.4) is 0 Å². The molecule has 1 aromatic heterocycles. The number of benzene rings is 3. The first-order valence-corrected chi connectivity index (χ1v) is 14.9. The van der Waals surface area contributed by atoms with Crippen molar-refractivity contribution in [3.63, 3.8) is 0 Å². The third kappa shape index (κ3) is 5.14. The van der Waals surface area contributed by atoms with Gasteiger partial charge in [0.05, 0.1) is 25.2 Å². The van der Waals surface area contributed by atoms with Gasteiger partial charge in [-0.3, -0.25) is 9.59 Å². The number of nitrogens with two attached hydrogens (primary N) is 2. The molecule has 228 valence electrons. The van der Waals surface area contributed by atoms with Crippen LogP contribution in [0.1, 0.15) is 42.4 Å². The van der Waals surface area contributed by atoms with Crippen molar-refractivity contribution in [3.8, 4) is 11.5 Å². The first kappa shape index (κ1) is 29.2. The third-order valence-electron chi connectivity index (χ3n) is 9.13. The average Bonchev–Trinajstić information content (AvgIpc) is 3.05. The van der Waals surface area contributed by atoms with Gasteiger partial charge in [0.1, 0.15) is 5.82 Å². The largest absolute Gasteiger partial charge is 0.493 e. The predicted octanol–water partition coefficient (Wildman–Crippen LogP) is 4.32. The maximum absolute atomic E-state index is 14.4. The van der Waals surface area contributed by atoms with Gasteiger partial charge in [-0.05, 0) is 49.3 Å². The minimum absolute atomic E-state index is 0.325. The quantitative estimate of drug-likeness (QED) is 0.285. The second-order valence-electron chi connectivity index (χ2n) is 11.7. The van der Waals surface area contributed by atoms with E-state index < -0.39 is 22.9 Å². The Morgan fingerprint density at radius 1 is 0.909 bits per heavy atom. The van der Waals surface area contributed by atoms with Crippen LogP contribution >= 0.6 is 0 Å². The van der Waals surface area contributed by atoms with Crippen LogP contribution in [0.2, 0.25) is 0 Å². The van der Waals surface area contributed by atoms with E-state index >= 15 is 0 Å². The number of aromatic nitrogens is 2.